The number of carbonyl (C=O) groups is 1. The summed E-state index contributed by atoms with van der Waals surface area (Å²) >= 11 is 2.82. The number of amides is 1. The smallest absolute Gasteiger partial charge is 0.280 e. The number of anilines is 1. The number of aromatic nitrogens is 2. The van der Waals surface area contributed by atoms with E-state index in [1.165, 1.54) is 29.1 Å². The van der Waals surface area contributed by atoms with Crippen LogP contribution in [-0.2, 0) is 0 Å². The molecule has 1 N–H and O–H groups in total. The Labute approximate surface area is 161 Å². The molecule has 134 valence electrons. The molecule has 27 heavy (non-hydrogen) atoms. The lowest BCUT2D eigenvalue weighted by Crippen LogP contribution is -2.13. The van der Waals surface area contributed by atoms with Gasteiger partial charge in [0.1, 0.15) is 0 Å². The van der Waals surface area contributed by atoms with Crippen molar-refractivity contribution in [1.82, 2.24) is 9.97 Å². The van der Waals surface area contributed by atoms with Gasteiger partial charge in [0.2, 0.25) is 6.79 Å². The highest BCUT2D eigenvalue weighted by Crippen LogP contribution is 2.36. The summed E-state index contributed by atoms with van der Waals surface area (Å²) in [7, 11) is 0. The van der Waals surface area contributed by atoms with Crippen LogP contribution in [0, 0.1) is 0 Å². The highest BCUT2D eigenvalue weighted by atomic mass is 32.1. The Morgan fingerprint density at radius 2 is 2.07 bits per heavy atom. The highest BCUT2D eigenvalue weighted by molar-refractivity contribution is 7.14. The van der Waals surface area contributed by atoms with Crippen LogP contribution in [0.5, 0.6) is 11.5 Å². The van der Waals surface area contributed by atoms with Gasteiger partial charge in [-0.2, -0.15) is 0 Å². The summed E-state index contributed by atoms with van der Waals surface area (Å²) in [6, 6.07) is 9.39. The number of benzene rings is 1. The molecule has 1 aliphatic heterocycles. The maximum atomic E-state index is 12.6. The van der Waals surface area contributed by atoms with Crippen LogP contribution in [0.1, 0.15) is 10.5 Å². The molecule has 3 aromatic heterocycles. The molecule has 4 heterocycles. The summed E-state index contributed by atoms with van der Waals surface area (Å²) in [5, 5.41) is 7.05. The predicted molar refractivity (Wildman–Crippen MR) is 101 cm³/mol. The van der Waals surface area contributed by atoms with E-state index < -0.39 is 0 Å². The molecule has 1 amide bonds. The van der Waals surface area contributed by atoms with Crippen LogP contribution in [0.3, 0.4) is 0 Å². The van der Waals surface area contributed by atoms with Gasteiger partial charge in [0, 0.05) is 10.9 Å². The fourth-order valence-electron chi connectivity index (χ4n) is 2.67. The van der Waals surface area contributed by atoms with E-state index in [9.17, 15) is 4.79 Å². The van der Waals surface area contributed by atoms with Gasteiger partial charge in [-0.05, 0) is 29.6 Å². The molecule has 0 unspecified atom stereocenters. The zero-order valence-corrected chi connectivity index (χ0v) is 15.3. The number of nitrogens with zero attached hydrogens (tertiary/aromatic N) is 2. The number of fused-ring (bicyclic) bond motifs is 1. The van der Waals surface area contributed by atoms with Crippen molar-refractivity contribution >= 4 is 33.7 Å². The number of rotatable bonds is 4. The van der Waals surface area contributed by atoms with E-state index in [1.807, 2.05) is 41.1 Å². The van der Waals surface area contributed by atoms with Gasteiger partial charge in [-0.25, -0.2) is 9.97 Å². The van der Waals surface area contributed by atoms with Gasteiger partial charge >= 0.3 is 0 Å². The first-order valence-corrected chi connectivity index (χ1v) is 9.68. The molecule has 0 atom stereocenters. The third-order valence-corrected chi connectivity index (χ3v) is 5.55. The van der Waals surface area contributed by atoms with E-state index in [0.29, 0.717) is 16.6 Å². The van der Waals surface area contributed by atoms with Gasteiger partial charge in [-0.15, -0.1) is 22.7 Å². The highest BCUT2D eigenvalue weighted by Gasteiger charge is 2.20. The van der Waals surface area contributed by atoms with Crippen LogP contribution >= 0.6 is 22.7 Å². The van der Waals surface area contributed by atoms with Gasteiger partial charge in [-0.3, -0.25) is 10.1 Å². The number of oxazole rings is 1. The van der Waals surface area contributed by atoms with E-state index in [2.05, 4.69) is 15.3 Å². The molecule has 0 radical (unpaired) electrons. The number of thiophene rings is 1. The molecule has 0 spiro atoms. The lowest BCUT2D eigenvalue weighted by molar-refractivity contribution is 0.102. The molecule has 1 aliphatic rings. The maximum Gasteiger partial charge on any atom is 0.280 e. The average molecular weight is 397 g/mol. The molecule has 0 saturated carbocycles. The van der Waals surface area contributed by atoms with Crippen LogP contribution in [0.2, 0.25) is 0 Å². The second kappa shape index (κ2) is 6.53. The largest absolute Gasteiger partial charge is 0.454 e. The molecule has 0 fully saturated rings. The summed E-state index contributed by atoms with van der Waals surface area (Å²) in [6.45, 7) is 0.224. The lowest BCUT2D eigenvalue weighted by Gasteiger charge is -2.01. The maximum absolute atomic E-state index is 12.6. The van der Waals surface area contributed by atoms with E-state index in [4.69, 9.17) is 13.9 Å². The van der Waals surface area contributed by atoms with E-state index in [-0.39, 0.29) is 18.4 Å². The van der Waals surface area contributed by atoms with Crippen molar-refractivity contribution in [2.45, 2.75) is 0 Å². The molecular formula is C18H11N3O4S2. The Morgan fingerprint density at radius 3 is 2.96 bits per heavy atom. The van der Waals surface area contributed by atoms with Crippen LogP contribution in [0.4, 0.5) is 5.13 Å². The summed E-state index contributed by atoms with van der Waals surface area (Å²) < 4.78 is 16.1. The summed E-state index contributed by atoms with van der Waals surface area (Å²) in [5.41, 5.74) is 1.86. The topological polar surface area (TPSA) is 86.5 Å². The summed E-state index contributed by atoms with van der Waals surface area (Å²) in [6.07, 6.45) is 1.27. The number of hydrogen-bond donors (Lipinski definition) is 1. The number of carbonyl (C=O) groups excluding carboxylic acids is 1. The SMILES string of the molecule is O=C(Nc1nc(-c2ccc3c(c2)OCO3)cs1)c1ncoc1-c1cccs1. The Bertz CT molecular complexity index is 1120. The Hall–Kier alpha value is -3.17. The normalized spacial score (nSPS) is 12.3. The Balaban J connectivity index is 1.37. The van der Waals surface area contributed by atoms with E-state index in [1.54, 1.807) is 0 Å². The molecule has 4 aromatic rings. The molecule has 0 bridgehead atoms. The Kier molecular flexibility index (Phi) is 3.88. The molecule has 5 rings (SSSR count). The quantitative estimate of drug-likeness (QED) is 0.545. The molecular weight excluding hydrogens is 386 g/mol. The molecule has 9 heteroatoms. The first-order chi connectivity index (χ1) is 13.3. The second-order valence-corrected chi connectivity index (χ2v) is 7.37. The van der Waals surface area contributed by atoms with Crippen molar-refractivity contribution in [1.29, 1.82) is 0 Å². The number of thiazole rings is 1. The van der Waals surface area contributed by atoms with Gasteiger partial charge in [0.05, 0.1) is 10.6 Å². The minimum Gasteiger partial charge on any atom is -0.454 e. The standard InChI is InChI=1S/C18H11N3O4S2/c22-17(15-16(23-8-19-15)14-2-1-5-26-14)21-18-20-11(7-27-18)10-3-4-12-13(6-10)25-9-24-12/h1-8H,9H2,(H,20,21,22). The first kappa shape index (κ1) is 16.0. The van der Waals surface area contributed by atoms with Crippen molar-refractivity contribution in [3.8, 4) is 33.4 Å². The van der Waals surface area contributed by atoms with Crippen LogP contribution in [0.25, 0.3) is 21.9 Å². The van der Waals surface area contributed by atoms with E-state index >= 15 is 0 Å². The third-order valence-electron chi connectivity index (χ3n) is 3.92. The summed E-state index contributed by atoms with van der Waals surface area (Å²) in [5.74, 6) is 1.50. The average Bonchev–Trinajstić information content (AvgIpc) is 3.47. The van der Waals surface area contributed by atoms with Crippen molar-refractivity contribution in [3.05, 3.63) is 53.2 Å². The minimum absolute atomic E-state index is 0.224. The second-order valence-electron chi connectivity index (χ2n) is 5.57. The van der Waals surface area contributed by atoms with Gasteiger partial charge in [0.25, 0.3) is 5.91 Å². The fourth-order valence-corrected chi connectivity index (χ4v) is 4.09. The van der Waals surface area contributed by atoms with Gasteiger partial charge in [0.15, 0.2) is 34.5 Å². The monoisotopic (exact) mass is 397 g/mol. The van der Waals surface area contributed by atoms with E-state index in [0.717, 1.165) is 21.9 Å². The number of nitrogens with one attached hydrogen (secondary N) is 1. The van der Waals surface area contributed by atoms with Gasteiger partial charge in [-0.1, -0.05) is 6.07 Å². The molecule has 0 aliphatic carbocycles. The van der Waals surface area contributed by atoms with Crippen LogP contribution in [0.15, 0.2) is 51.9 Å². The third kappa shape index (κ3) is 2.96. The zero-order valence-electron chi connectivity index (χ0n) is 13.7. The molecule has 0 saturated heterocycles. The van der Waals surface area contributed by atoms with Crippen LogP contribution < -0.4 is 14.8 Å². The predicted octanol–water partition coefficient (Wildman–Crippen LogP) is 4.51. The number of ether oxygens (including phenoxy) is 2. The summed E-state index contributed by atoms with van der Waals surface area (Å²) in [4.78, 5) is 22.0. The van der Waals surface area contributed by atoms with Crippen molar-refractivity contribution < 1.29 is 18.7 Å². The fraction of sp³-hybridized carbons (Fsp3) is 0.0556. The Morgan fingerprint density at radius 1 is 1.15 bits per heavy atom. The van der Waals surface area contributed by atoms with Crippen molar-refractivity contribution in [2.75, 3.05) is 12.1 Å². The minimum atomic E-state index is -0.362. The van der Waals surface area contributed by atoms with Crippen molar-refractivity contribution in [3.63, 3.8) is 0 Å². The van der Waals surface area contributed by atoms with Crippen LogP contribution in [-0.4, -0.2) is 22.7 Å². The van der Waals surface area contributed by atoms with Gasteiger partial charge < -0.3 is 13.9 Å². The lowest BCUT2D eigenvalue weighted by atomic mass is 10.1. The molecule has 7 nitrogen and oxygen atoms in total. The number of hydrogen-bond acceptors (Lipinski definition) is 8. The molecule has 1 aromatic carbocycles. The van der Waals surface area contributed by atoms with Crippen molar-refractivity contribution in [2.24, 2.45) is 0 Å². The first-order valence-electron chi connectivity index (χ1n) is 7.92. The zero-order chi connectivity index (χ0) is 18.2.